The Labute approximate surface area is 157 Å². The number of anilines is 1. The fourth-order valence-electron chi connectivity index (χ4n) is 3.47. The summed E-state index contributed by atoms with van der Waals surface area (Å²) < 4.78 is 0. The van der Waals surface area contributed by atoms with Crippen LogP contribution in [0.3, 0.4) is 0 Å². The van der Waals surface area contributed by atoms with Crippen LogP contribution in [0.4, 0.5) is 5.69 Å². The number of para-hydroxylation sites is 1. The number of thiophene rings is 1. The Bertz CT molecular complexity index is 786. The Kier molecular flexibility index (Phi) is 5.04. The van der Waals surface area contributed by atoms with Gasteiger partial charge in [-0.05, 0) is 55.8 Å². The Morgan fingerprint density at radius 3 is 2.73 bits per heavy atom. The van der Waals surface area contributed by atoms with Gasteiger partial charge in [-0.1, -0.05) is 18.2 Å². The van der Waals surface area contributed by atoms with Crippen LogP contribution in [0, 0.1) is 0 Å². The van der Waals surface area contributed by atoms with E-state index < -0.39 is 0 Å². The van der Waals surface area contributed by atoms with Gasteiger partial charge in [0.15, 0.2) is 0 Å². The largest absolute Gasteiger partial charge is 0.349 e. The van der Waals surface area contributed by atoms with Crippen LogP contribution >= 0.6 is 11.3 Å². The van der Waals surface area contributed by atoms with E-state index in [1.54, 1.807) is 23.5 Å². The molecule has 2 aliphatic rings. The summed E-state index contributed by atoms with van der Waals surface area (Å²) in [6.07, 6.45) is 4.28. The number of likely N-dealkylation sites (tertiary alicyclic amines) is 1. The summed E-state index contributed by atoms with van der Waals surface area (Å²) in [7, 11) is 0. The molecule has 0 bridgehead atoms. The Balaban J connectivity index is 1.41. The molecule has 1 unspecified atom stereocenters. The molecule has 2 aromatic rings. The summed E-state index contributed by atoms with van der Waals surface area (Å²) in [6.45, 7) is 1.28. The van der Waals surface area contributed by atoms with Crippen LogP contribution in [0.2, 0.25) is 0 Å². The number of carbonyl (C=O) groups excluding carboxylic acids is 2. The molecule has 136 valence electrons. The predicted molar refractivity (Wildman–Crippen MR) is 103 cm³/mol. The van der Waals surface area contributed by atoms with Crippen LogP contribution in [-0.4, -0.2) is 35.8 Å². The van der Waals surface area contributed by atoms with Crippen LogP contribution in [0.25, 0.3) is 0 Å². The number of hydrogen-bond acceptors (Lipinski definition) is 4. The third-order valence-electron chi connectivity index (χ3n) is 4.94. The van der Waals surface area contributed by atoms with Gasteiger partial charge < -0.3 is 10.6 Å². The molecule has 4 rings (SSSR count). The predicted octanol–water partition coefficient (Wildman–Crippen LogP) is 3.42. The van der Waals surface area contributed by atoms with Gasteiger partial charge >= 0.3 is 0 Å². The van der Waals surface area contributed by atoms with Gasteiger partial charge in [0.1, 0.15) is 0 Å². The molecule has 1 atom stereocenters. The summed E-state index contributed by atoms with van der Waals surface area (Å²) >= 11 is 1.75. The van der Waals surface area contributed by atoms with E-state index in [9.17, 15) is 9.59 Å². The molecule has 2 N–H and O–H groups in total. The molecule has 2 heterocycles. The van der Waals surface area contributed by atoms with Crippen LogP contribution in [0.1, 0.15) is 47.0 Å². The van der Waals surface area contributed by atoms with Gasteiger partial charge in [-0.25, -0.2) is 0 Å². The Hall–Kier alpha value is -2.18. The lowest BCUT2D eigenvalue weighted by molar-refractivity contribution is -0.117. The van der Waals surface area contributed by atoms with Gasteiger partial charge in [0, 0.05) is 17.0 Å². The average Bonchev–Trinajstić information content (AvgIpc) is 3.10. The minimum absolute atomic E-state index is 0.0693. The van der Waals surface area contributed by atoms with Crippen molar-refractivity contribution in [1.29, 1.82) is 0 Å². The summed E-state index contributed by atoms with van der Waals surface area (Å²) in [4.78, 5) is 28.5. The smallest absolute Gasteiger partial charge is 0.253 e. The molecule has 1 aromatic carbocycles. The minimum atomic E-state index is -0.110. The molecule has 0 radical (unpaired) electrons. The fourth-order valence-corrected chi connectivity index (χ4v) is 4.37. The van der Waals surface area contributed by atoms with Crippen molar-refractivity contribution in [3.05, 3.63) is 52.2 Å². The molecule has 1 aliphatic heterocycles. The van der Waals surface area contributed by atoms with Crippen LogP contribution in [-0.2, 0) is 4.79 Å². The number of rotatable bonds is 6. The van der Waals surface area contributed by atoms with Gasteiger partial charge in [0.05, 0.1) is 17.8 Å². The van der Waals surface area contributed by atoms with Crippen molar-refractivity contribution < 1.29 is 9.59 Å². The fraction of sp³-hybridized carbons (Fsp3) is 0.400. The van der Waals surface area contributed by atoms with E-state index in [1.165, 1.54) is 4.88 Å². The van der Waals surface area contributed by atoms with Gasteiger partial charge in [0.2, 0.25) is 5.91 Å². The molecular weight excluding hydrogens is 346 g/mol. The lowest BCUT2D eigenvalue weighted by atomic mass is 10.1. The first kappa shape index (κ1) is 17.2. The maximum Gasteiger partial charge on any atom is 0.253 e. The minimum Gasteiger partial charge on any atom is -0.349 e. The lowest BCUT2D eigenvalue weighted by Gasteiger charge is -2.23. The topological polar surface area (TPSA) is 61.4 Å². The third-order valence-corrected chi connectivity index (χ3v) is 5.91. The highest BCUT2D eigenvalue weighted by atomic mass is 32.1. The maximum atomic E-state index is 12.6. The highest BCUT2D eigenvalue weighted by Gasteiger charge is 2.29. The zero-order chi connectivity index (χ0) is 17.9. The molecule has 5 nitrogen and oxygen atoms in total. The van der Waals surface area contributed by atoms with Crippen LogP contribution in [0.15, 0.2) is 41.8 Å². The van der Waals surface area contributed by atoms with Crippen molar-refractivity contribution in [1.82, 2.24) is 10.2 Å². The van der Waals surface area contributed by atoms with E-state index in [1.807, 2.05) is 12.1 Å². The maximum absolute atomic E-state index is 12.6. The van der Waals surface area contributed by atoms with E-state index >= 15 is 0 Å². The van der Waals surface area contributed by atoms with E-state index in [4.69, 9.17) is 0 Å². The molecule has 2 amide bonds. The molecule has 1 saturated carbocycles. The summed E-state index contributed by atoms with van der Waals surface area (Å²) in [6, 6.07) is 12.0. The standard InChI is InChI=1S/C20H23N3O2S/c24-19(13-23-11-3-7-17(23)18-8-4-12-26-18)22-16-6-2-1-5-15(16)20(25)21-14-9-10-14/h1-2,4-6,8,12,14,17H,3,7,9-11,13H2,(H,21,25)(H,22,24). The number of nitrogens with zero attached hydrogens (tertiary/aromatic N) is 1. The monoisotopic (exact) mass is 369 g/mol. The van der Waals surface area contributed by atoms with Gasteiger partial charge in [-0.3, -0.25) is 14.5 Å². The lowest BCUT2D eigenvalue weighted by Crippen LogP contribution is -2.33. The first-order chi connectivity index (χ1) is 12.7. The molecule has 1 aromatic heterocycles. The number of nitrogens with one attached hydrogen (secondary N) is 2. The average molecular weight is 369 g/mol. The van der Waals surface area contributed by atoms with Gasteiger partial charge in [-0.2, -0.15) is 0 Å². The molecule has 26 heavy (non-hydrogen) atoms. The van der Waals surface area contributed by atoms with Gasteiger partial charge in [0.25, 0.3) is 5.91 Å². The highest BCUT2D eigenvalue weighted by Crippen LogP contribution is 2.34. The van der Waals surface area contributed by atoms with Crippen molar-refractivity contribution in [3.63, 3.8) is 0 Å². The number of amides is 2. The second-order valence-electron chi connectivity index (χ2n) is 6.99. The molecule has 1 aliphatic carbocycles. The van der Waals surface area contributed by atoms with E-state index in [2.05, 4.69) is 33.0 Å². The second kappa shape index (κ2) is 7.60. The molecule has 0 spiro atoms. The molecule has 2 fully saturated rings. The van der Waals surface area contributed by atoms with Gasteiger partial charge in [-0.15, -0.1) is 11.3 Å². The quantitative estimate of drug-likeness (QED) is 0.820. The molecule has 1 saturated heterocycles. The summed E-state index contributed by atoms with van der Waals surface area (Å²) in [5.41, 5.74) is 1.12. The van der Waals surface area contributed by atoms with Crippen molar-refractivity contribution in [2.24, 2.45) is 0 Å². The number of benzene rings is 1. The van der Waals surface area contributed by atoms with Crippen LogP contribution in [0.5, 0.6) is 0 Å². The molecular formula is C20H23N3O2S. The van der Waals surface area contributed by atoms with E-state index in [0.717, 1.165) is 32.2 Å². The SMILES string of the molecule is O=C(CN1CCCC1c1cccs1)Nc1ccccc1C(=O)NC1CC1. The second-order valence-corrected chi connectivity index (χ2v) is 7.96. The Morgan fingerprint density at radius 1 is 1.12 bits per heavy atom. The number of carbonyl (C=O) groups is 2. The Morgan fingerprint density at radius 2 is 1.96 bits per heavy atom. The first-order valence-electron chi connectivity index (χ1n) is 9.18. The normalized spacial score (nSPS) is 20.1. The zero-order valence-electron chi connectivity index (χ0n) is 14.6. The van der Waals surface area contributed by atoms with Crippen molar-refractivity contribution >= 4 is 28.8 Å². The van der Waals surface area contributed by atoms with Crippen molar-refractivity contribution in [3.8, 4) is 0 Å². The van der Waals surface area contributed by atoms with Crippen molar-refractivity contribution in [2.45, 2.75) is 37.8 Å². The third kappa shape index (κ3) is 3.97. The van der Waals surface area contributed by atoms with Crippen molar-refractivity contribution in [2.75, 3.05) is 18.4 Å². The number of hydrogen-bond donors (Lipinski definition) is 2. The van der Waals surface area contributed by atoms with E-state index in [-0.39, 0.29) is 11.8 Å². The molecule has 6 heteroatoms. The first-order valence-corrected chi connectivity index (χ1v) is 10.1. The summed E-state index contributed by atoms with van der Waals surface area (Å²) in [5, 5.41) is 8.01. The zero-order valence-corrected chi connectivity index (χ0v) is 15.4. The van der Waals surface area contributed by atoms with E-state index in [0.29, 0.717) is 29.9 Å². The summed E-state index contributed by atoms with van der Waals surface area (Å²) in [5.74, 6) is -0.179. The highest BCUT2D eigenvalue weighted by molar-refractivity contribution is 7.10. The van der Waals surface area contributed by atoms with Crippen LogP contribution < -0.4 is 10.6 Å².